The molecule has 7 nitrogen and oxygen atoms in total. The Morgan fingerprint density at radius 2 is 2.00 bits per heavy atom. The quantitative estimate of drug-likeness (QED) is 0.579. The number of aromatic amines is 1. The van der Waals surface area contributed by atoms with Gasteiger partial charge in [-0.25, -0.2) is 9.78 Å². The van der Waals surface area contributed by atoms with Crippen molar-refractivity contribution in [2.75, 3.05) is 25.0 Å². The van der Waals surface area contributed by atoms with Crippen molar-refractivity contribution in [2.24, 2.45) is 5.92 Å². The molecule has 32 heavy (non-hydrogen) atoms. The number of benzene rings is 1. The van der Waals surface area contributed by atoms with Gasteiger partial charge in [0.25, 0.3) is 5.91 Å². The Hall–Kier alpha value is -3.00. The zero-order valence-electron chi connectivity index (χ0n) is 18.8. The second kappa shape index (κ2) is 9.24. The number of nitrogens with one attached hydrogen (secondary N) is 2. The summed E-state index contributed by atoms with van der Waals surface area (Å²) in [6.45, 7) is 6.37. The fraction of sp³-hybridized carbons (Fsp3) is 0.417. The molecule has 168 valence electrons. The summed E-state index contributed by atoms with van der Waals surface area (Å²) in [6, 6.07) is 10.0. The maximum absolute atomic E-state index is 12.3. The first-order chi connectivity index (χ1) is 15.4. The third-order valence-corrected chi connectivity index (χ3v) is 6.80. The number of hydrogen-bond donors (Lipinski definition) is 2. The van der Waals surface area contributed by atoms with E-state index < -0.39 is 0 Å². The third kappa shape index (κ3) is 4.32. The van der Waals surface area contributed by atoms with E-state index in [2.05, 4.69) is 32.3 Å². The highest BCUT2D eigenvalue weighted by Gasteiger charge is 2.22. The molecule has 1 fully saturated rings. The lowest BCUT2D eigenvalue weighted by Crippen LogP contribution is -2.35. The van der Waals surface area contributed by atoms with Crippen LogP contribution in [0, 0.1) is 17.5 Å². The Labute approximate surface area is 192 Å². The van der Waals surface area contributed by atoms with Crippen LogP contribution >= 0.6 is 12.2 Å². The number of carbonyl (C=O) groups is 1. The van der Waals surface area contributed by atoms with E-state index >= 15 is 0 Å². The summed E-state index contributed by atoms with van der Waals surface area (Å²) in [7, 11) is 1.61. The van der Waals surface area contributed by atoms with Crippen LogP contribution < -0.4 is 15.9 Å². The van der Waals surface area contributed by atoms with E-state index in [1.54, 1.807) is 17.7 Å². The highest BCUT2D eigenvalue weighted by Crippen LogP contribution is 2.28. The summed E-state index contributed by atoms with van der Waals surface area (Å²) in [5, 5.41) is 3.54. The summed E-state index contributed by atoms with van der Waals surface area (Å²) in [4.78, 5) is 33.9. The molecule has 0 atom stereocenters. The number of rotatable bonds is 5. The van der Waals surface area contributed by atoms with Crippen LogP contribution in [0.15, 0.2) is 35.1 Å². The summed E-state index contributed by atoms with van der Waals surface area (Å²) in [5.41, 5.74) is 4.32. The molecule has 3 heterocycles. The van der Waals surface area contributed by atoms with Gasteiger partial charge >= 0.3 is 5.69 Å². The van der Waals surface area contributed by atoms with E-state index in [1.165, 1.54) is 5.56 Å². The first-order valence-corrected chi connectivity index (χ1v) is 11.5. The van der Waals surface area contributed by atoms with Crippen LogP contribution in [0.25, 0.3) is 10.9 Å². The number of aromatic nitrogens is 3. The molecule has 1 aliphatic rings. The van der Waals surface area contributed by atoms with Gasteiger partial charge in [0, 0.05) is 32.1 Å². The van der Waals surface area contributed by atoms with Crippen molar-refractivity contribution in [2.45, 2.75) is 39.7 Å². The molecule has 0 saturated carbocycles. The topological polar surface area (TPSA) is 83.0 Å². The highest BCUT2D eigenvalue weighted by molar-refractivity contribution is 7.71. The van der Waals surface area contributed by atoms with Gasteiger partial charge in [0.1, 0.15) is 10.3 Å². The Bertz CT molecular complexity index is 1270. The molecule has 1 amide bonds. The fourth-order valence-electron chi connectivity index (χ4n) is 4.57. The number of carbonyl (C=O) groups excluding carboxylic acids is 1. The van der Waals surface area contributed by atoms with Gasteiger partial charge in [-0.05, 0) is 68.9 Å². The van der Waals surface area contributed by atoms with Crippen molar-refractivity contribution in [1.82, 2.24) is 19.9 Å². The number of pyridine rings is 1. The number of H-pyrrole nitrogens is 1. The minimum atomic E-state index is -0.164. The second-order valence-electron chi connectivity index (χ2n) is 8.37. The van der Waals surface area contributed by atoms with Crippen LogP contribution in [-0.4, -0.2) is 40.6 Å². The zero-order valence-corrected chi connectivity index (χ0v) is 19.6. The van der Waals surface area contributed by atoms with Gasteiger partial charge in [0.05, 0.1) is 16.9 Å². The Kier molecular flexibility index (Phi) is 6.41. The molecule has 0 aliphatic carbocycles. The molecule has 0 radical (unpaired) electrons. The summed E-state index contributed by atoms with van der Waals surface area (Å²) in [6.07, 6.45) is 3.15. The number of piperidine rings is 1. The first kappa shape index (κ1) is 22.2. The fourth-order valence-corrected chi connectivity index (χ4v) is 4.96. The van der Waals surface area contributed by atoms with E-state index in [0.717, 1.165) is 54.6 Å². The van der Waals surface area contributed by atoms with Crippen molar-refractivity contribution < 1.29 is 4.79 Å². The standard InChI is InChI=1S/C24H29N5O2S/c1-4-29-23(32)18-6-5-17(14-20(18)27-24(29)31)13-16-9-11-28(12-10-16)21-8-7-19(22(30)25-3)26-15(21)2/h5-8,14,16H,4,9-13H2,1-3H3,(H,25,30)(H,27,31). The number of amides is 1. The molecule has 2 aromatic heterocycles. The molecule has 1 aliphatic heterocycles. The number of hydrogen-bond acceptors (Lipinski definition) is 5. The maximum atomic E-state index is 12.3. The van der Waals surface area contributed by atoms with Gasteiger partial charge in [0.15, 0.2) is 0 Å². The van der Waals surface area contributed by atoms with Crippen LogP contribution in [0.3, 0.4) is 0 Å². The SMILES string of the molecule is CCn1c(=O)[nH]c2cc(CC3CCN(c4ccc(C(=O)NC)nc4C)CC3)ccc2c1=S. The van der Waals surface area contributed by atoms with Gasteiger partial charge in [-0.2, -0.15) is 0 Å². The van der Waals surface area contributed by atoms with Crippen LogP contribution in [0.4, 0.5) is 5.69 Å². The van der Waals surface area contributed by atoms with Gasteiger partial charge in [-0.15, -0.1) is 0 Å². The molecule has 3 aromatic rings. The molecule has 0 spiro atoms. The van der Waals surface area contributed by atoms with Gasteiger partial charge in [0.2, 0.25) is 0 Å². The maximum Gasteiger partial charge on any atom is 0.326 e. The van der Waals surface area contributed by atoms with Crippen molar-refractivity contribution in [1.29, 1.82) is 0 Å². The summed E-state index contributed by atoms with van der Waals surface area (Å²) < 4.78 is 2.18. The molecule has 1 aromatic carbocycles. The van der Waals surface area contributed by atoms with E-state index in [1.807, 2.05) is 26.0 Å². The predicted molar refractivity (Wildman–Crippen MR) is 130 cm³/mol. The minimum Gasteiger partial charge on any atom is -0.370 e. The molecule has 2 N–H and O–H groups in total. The lowest BCUT2D eigenvalue weighted by Gasteiger charge is -2.34. The minimum absolute atomic E-state index is 0.151. The first-order valence-electron chi connectivity index (χ1n) is 11.1. The lowest BCUT2D eigenvalue weighted by molar-refractivity contribution is 0.0958. The number of nitrogens with zero attached hydrogens (tertiary/aromatic N) is 3. The number of anilines is 1. The van der Waals surface area contributed by atoms with Crippen molar-refractivity contribution in [3.8, 4) is 0 Å². The van der Waals surface area contributed by atoms with Crippen LogP contribution in [-0.2, 0) is 13.0 Å². The molecule has 0 unspecified atom stereocenters. The Balaban J connectivity index is 1.44. The average Bonchev–Trinajstić information content (AvgIpc) is 2.79. The number of fused-ring (bicyclic) bond motifs is 1. The highest BCUT2D eigenvalue weighted by atomic mass is 32.1. The molecule has 4 rings (SSSR count). The van der Waals surface area contributed by atoms with Gasteiger partial charge in [-0.3, -0.25) is 9.36 Å². The van der Waals surface area contributed by atoms with Crippen LogP contribution in [0.2, 0.25) is 0 Å². The van der Waals surface area contributed by atoms with Crippen molar-refractivity contribution >= 4 is 34.7 Å². The van der Waals surface area contributed by atoms with Crippen LogP contribution in [0.1, 0.15) is 41.5 Å². The zero-order chi connectivity index (χ0) is 22.8. The van der Waals surface area contributed by atoms with Crippen LogP contribution in [0.5, 0.6) is 0 Å². The monoisotopic (exact) mass is 451 g/mol. The normalized spacial score (nSPS) is 14.7. The molecule has 1 saturated heterocycles. The van der Waals surface area contributed by atoms with Gasteiger partial charge in [-0.1, -0.05) is 18.3 Å². The summed E-state index contributed by atoms with van der Waals surface area (Å²) >= 11 is 5.49. The van der Waals surface area contributed by atoms with Gasteiger partial charge < -0.3 is 15.2 Å². The Morgan fingerprint density at radius 1 is 1.25 bits per heavy atom. The van der Waals surface area contributed by atoms with E-state index in [-0.39, 0.29) is 11.6 Å². The molecular formula is C24H29N5O2S. The predicted octanol–water partition coefficient (Wildman–Crippen LogP) is 3.60. The van der Waals surface area contributed by atoms with E-state index in [0.29, 0.717) is 22.8 Å². The van der Waals surface area contributed by atoms with E-state index in [4.69, 9.17) is 12.2 Å². The Morgan fingerprint density at radius 3 is 2.66 bits per heavy atom. The third-order valence-electron chi connectivity index (χ3n) is 6.36. The lowest BCUT2D eigenvalue weighted by atomic mass is 9.89. The molecular weight excluding hydrogens is 422 g/mol. The van der Waals surface area contributed by atoms with Crippen molar-refractivity contribution in [3.63, 3.8) is 0 Å². The summed E-state index contributed by atoms with van der Waals surface area (Å²) in [5.74, 6) is 0.420. The number of aryl methyl sites for hydroxylation is 1. The van der Waals surface area contributed by atoms with Crippen molar-refractivity contribution in [3.05, 3.63) is 62.4 Å². The second-order valence-corrected chi connectivity index (χ2v) is 8.76. The smallest absolute Gasteiger partial charge is 0.326 e. The molecule has 0 bridgehead atoms. The largest absolute Gasteiger partial charge is 0.370 e. The average molecular weight is 452 g/mol. The molecule has 8 heteroatoms. The van der Waals surface area contributed by atoms with E-state index in [9.17, 15) is 9.59 Å².